The van der Waals surface area contributed by atoms with Crippen molar-refractivity contribution >= 4 is 11.8 Å². The maximum Gasteiger partial charge on any atom is 0.460 e. The number of halogens is 21. The Hall–Kier alpha value is -1.16. The van der Waals surface area contributed by atoms with Gasteiger partial charge in [0.2, 0.25) is 0 Å². The lowest BCUT2D eigenvalue weighted by atomic mass is 9.87. The van der Waals surface area contributed by atoms with E-state index in [1.165, 1.54) is 13.8 Å². The molecule has 1 atom stereocenters. The predicted molar refractivity (Wildman–Crippen MR) is 90.8 cm³/mol. The van der Waals surface area contributed by atoms with Crippen LogP contribution in [0, 0.1) is 0 Å². The van der Waals surface area contributed by atoms with E-state index in [1.807, 2.05) is 0 Å². The molecule has 0 amide bonds. The topological polar surface area (TPSA) is 3.24 Å². The minimum Gasteiger partial charge on any atom is -0.303 e. The average Bonchev–Trinajstić information content (AvgIpc) is 2.73. The zero-order valence-electron chi connectivity index (χ0n) is 18.6. The number of nitrogens with zero attached hydrogens (tertiary/aromatic N) is 1. The van der Waals surface area contributed by atoms with Gasteiger partial charge in [0.05, 0.1) is 0 Å². The SMILES string of the molecule is CCN(CC)CCSC(F)(C(F)(F)F)C(F)(F)C(F)(F)C(F)(F)C(F)(F)C(F)(F)C(F)(F)C(F)(F)C(F)(F)F. The Kier molecular flexibility index (Phi) is 10.3. The highest BCUT2D eigenvalue weighted by molar-refractivity contribution is 8.00. The summed E-state index contributed by atoms with van der Waals surface area (Å²) >= 11 is -1.97. The van der Waals surface area contributed by atoms with Gasteiger partial charge in [-0.2, -0.15) is 87.8 Å². The first kappa shape index (κ1) is 37.8. The van der Waals surface area contributed by atoms with Crippen LogP contribution in [0.3, 0.4) is 0 Å². The van der Waals surface area contributed by atoms with Crippen LogP contribution in [0.5, 0.6) is 0 Å². The van der Waals surface area contributed by atoms with Gasteiger partial charge < -0.3 is 4.90 Å². The molecule has 0 saturated carbocycles. The van der Waals surface area contributed by atoms with Crippen molar-refractivity contribution in [3.63, 3.8) is 0 Å². The standard InChI is InChI=1S/C16H14F21NS/c1-3-38(4-2)5-6-39-14(31,16(35,36)37)12(27,28)10(23,24)8(19,20)7(17,18)9(21,22)11(25,26)13(29,30)15(32,33)34/h3-6H2,1-2H3. The lowest BCUT2D eigenvalue weighted by Gasteiger charge is -2.45. The summed E-state index contributed by atoms with van der Waals surface area (Å²) in [5, 5.41) is -7.07. The third-order valence-electron chi connectivity index (χ3n) is 5.09. The van der Waals surface area contributed by atoms with Crippen molar-refractivity contribution in [2.24, 2.45) is 0 Å². The maximum atomic E-state index is 14.4. The number of rotatable bonds is 13. The number of alkyl halides is 21. The average molecular weight is 651 g/mol. The van der Waals surface area contributed by atoms with E-state index in [-0.39, 0.29) is 13.1 Å². The smallest absolute Gasteiger partial charge is 0.303 e. The highest BCUT2D eigenvalue weighted by Crippen LogP contribution is 2.67. The lowest BCUT2D eigenvalue weighted by Crippen LogP contribution is -2.76. The van der Waals surface area contributed by atoms with Crippen molar-refractivity contribution in [2.75, 3.05) is 25.4 Å². The van der Waals surface area contributed by atoms with Crippen LogP contribution in [0.2, 0.25) is 0 Å². The molecule has 0 radical (unpaired) electrons. The van der Waals surface area contributed by atoms with E-state index in [9.17, 15) is 92.2 Å². The Bertz CT molecular complexity index is 827. The fraction of sp³-hybridized carbons (Fsp3) is 1.00. The molecule has 0 saturated heterocycles. The molecule has 0 aromatic heterocycles. The van der Waals surface area contributed by atoms with Gasteiger partial charge in [-0.1, -0.05) is 13.8 Å². The third kappa shape index (κ3) is 5.42. The molecule has 236 valence electrons. The van der Waals surface area contributed by atoms with Crippen LogP contribution in [0.1, 0.15) is 13.8 Å². The fourth-order valence-electron chi connectivity index (χ4n) is 2.57. The number of hydrogen-bond acceptors (Lipinski definition) is 2. The van der Waals surface area contributed by atoms with Gasteiger partial charge in [-0.3, -0.25) is 0 Å². The van der Waals surface area contributed by atoms with Crippen molar-refractivity contribution in [1.29, 1.82) is 0 Å². The molecule has 0 rings (SSSR count). The summed E-state index contributed by atoms with van der Waals surface area (Å²) in [7, 11) is 0. The normalized spacial score (nSPS) is 17.5. The first-order valence-electron chi connectivity index (χ1n) is 9.57. The highest BCUT2D eigenvalue weighted by atomic mass is 32.2. The molecule has 0 spiro atoms. The van der Waals surface area contributed by atoms with Crippen molar-refractivity contribution < 1.29 is 92.2 Å². The van der Waals surface area contributed by atoms with Crippen LogP contribution in [0.25, 0.3) is 0 Å². The van der Waals surface area contributed by atoms with Gasteiger partial charge in [-0.05, 0) is 13.1 Å². The van der Waals surface area contributed by atoms with Crippen molar-refractivity contribution in [2.45, 2.75) is 72.7 Å². The summed E-state index contributed by atoms with van der Waals surface area (Å²) in [6.45, 7) is 1.40. The molecule has 0 aliphatic heterocycles. The van der Waals surface area contributed by atoms with E-state index in [4.69, 9.17) is 0 Å². The van der Waals surface area contributed by atoms with Crippen LogP contribution in [0.4, 0.5) is 92.2 Å². The molecule has 1 unspecified atom stereocenters. The Morgan fingerprint density at radius 3 is 0.949 bits per heavy atom. The molecule has 0 aliphatic rings. The molecule has 23 heteroatoms. The van der Waals surface area contributed by atoms with Crippen LogP contribution in [-0.4, -0.2) is 89.1 Å². The molecule has 39 heavy (non-hydrogen) atoms. The van der Waals surface area contributed by atoms with E-state index >= 15 is 0 Å². The van der Waals surface area contributed by atoms with Crippen molar-refractivity contribution in [1.82, 2.24) is 4.90 Å². The van der Waals surface area contributed by atoms with Crippen LogP contribution < -0.4 is 0 Å². The van der Waals surface area contributed by atoms with Crippen molar-refractivity contribution in [3.05, 3.63) is 0 Å². The van der Waals surface area contributed by atoms with Crippen LogP contribution in [-0.2, 0) is 0 Å². The summed E-state index contributed by atoms with van der Waals surface area (Å²) < 4.78 is 280. The summed E-state index contributed by atoms with van der Waals surface area (Å²) in [5.41, 5.74) is 0. The Labute approximate surface area is 208 Å². The zero-order valence-corrected chi connectivity index (χ0v) is 19.4. The fourth-order valence-corrected chi connectivity index (χ4v) is 3.68. The molecular formula is C16H14F21NS. The molecular weight excluding hydrogens is 637 g/mol. The Balaban J connectivity index is 7.00. The molecule has 0 aromatic rings. The van der Waals surface area contributed by atoms with Crippen LogP contribution >= 0.6 is 11.8 Å². The van der Waals surface area contributed by atoms with Gasteiger partial charge in [0.15, 0.2) is 0 Å². The second kappa shape index (κ2) is 10.6. The molecule has 0 heterocycles. The van der Waals surface area contributed by atoms with Gasteiger partial charge in [0.25, 0.3) is 0 Å². The highest BCUT2D eigenvalue weighted by Gasteiger charge is 2.97. The molecule has 0 bridgehead atoms. The Morgan fingerprint density at radius 1 is 0.410 bits per heavy atom. The van der Waals surface area contributed by atoms with Gasteiger partial charge in [0, 0.05) is 12.3 Å². The minimum atomic E-state index is -9.11. The molecule has 0 aliphatic carbocycles. The van der Waals surface area contributed by atoms with Gasteiger partial charge in [-0.15, -0.1) is 11.8 Å². The van der Waals surface area contributed by atoms with E-state index < -0.39 is 82.9 Å². The summed E-state index contributed by atoms with van der Waals surface area (Å²) in [6.07, 6.45) is -15.4. The summed E-state index contributed by atoms with van der Waals surface area (Å²) in [5.74, 6) is -63.2. The van der Waals surface area contributed by atoms with Gasteiger partial charge in [-0.25, -0.2) is 4.39 Å². The second-order valence-corrected chi connectivity index (χ2v) is 8.75. The summed E-state index contributed by atoms with van der Waals surface area (Å²) in [4.78, 5) is 0.992. The molecule has 0 N–H and O–H groups in total. The van der Waals surface area contributed by atoms with Gasteiger partial charge >= 0.3 is 58.8 Å². The Morgan fingerprint density at radius 2 is 0.692 bits per heavy atom. The van der Waals surface area contributed by atoms with Crippen molar-refractivity contribution in [3.8, 4) is 0 Å². The number of thioether (sulfide) groups is 1. The number of hydrogen-bond donors (Lipinski definition) is 0. The largest absolute Gasteiger partial charge is 0.460 e. The monoisotopic (exact) mass is 651 g/mol. The van der Waals surface area contributed by atoms with E-state index in [0.717, 1.165) is 4.90 Å². The lowest BCUT2D eigenvalue weighted by molar-refractivity contribution is -0.467. The van der Waals surface area contributed by atoms with Crippen LogP contribution in [0.15, 0.2) is 0 Å². The zero-order chi connectivity index (χ0) is 32.1. The first-order chi connectivity index (χ1) is 16.7. The molecule has 0 aromatic carbocycles. The van der Waals surface area contributed by atoms with E-state index in [0.29, 0.717) is 0 Å². The second-order valence-electron chi connectivity index (χ2n) is 7.49. The maximum absolute atomic E-state index is 14.4. The van der Waals surface area contributed by atoms with Gasteiger partial charge in [0.1, 0.15) is 0 Å². The molecule has 1 nitrogen and oxygen atoms in total. The first-order valence-corrected chi connectivity index (χ1v) is 10.6. The minimum absolute atomic E-state index is 0.120. The summed E-state index contributed by atoms with van der Waals surface area (Å²) in [6, 6.07) is 0. The quantitative estimate of drug-likeness (QED) is 0.185. The van der Waals surface area contributed by atoms with E-state index in [2.05, 4.69) is 0 Å². The van der Waals surface area contributed by atoms with E-state index in [1.54, 1.807) is 0 Å². The molecule has 0 fully saturated rings. The predicted octanol–water partition coefficient (Wildman–Crippen LogP) is 8.30. The third-order valence-corrected chi connectivity index (χ3v) is 6.37.